The number of benzene rings is 1. The Morgan fingerprint density at radius 3 is 2.60 bits per heavy atom. The van der Waals surface area contributed by atoms with E-state index in [1.165, 1.54) is 25.9 Å². The Kier molecular flexibility index (Phi) is 3.49. The highest BCUT2D eigenvalue weighted by atomic mass is 35.5. The van der Waals surface area contributed by atoms with Gasteiger partial charge in [-0.1, -0.05) is 23.7 Å². The molecule has 1 heterocycles. The van der Waals surface area contributed by atoms with E-state index in [-0.39, 0.29) is 0 Å². The van der Waals surface area contributed by atoms with Crippen LogP contribution in [0.5, 0.6) is 0 Å². The summed E-state index contributed by atoms with van der Waals surface area (Å²) in [7, 11) is 2.26. The molecular formula is C12H18ClN2+. The number of para-hydroxylation sites is 1. The molecule has 1 saturated heterocycles. The number of anilines is 1. The molecule has 0 spiro atoms. The Hall–Kier alpha value is -0.730. The van der Waals surface area contributed by atoms with Crippen molar-refractivity contribution in [1.82, 2.24) is 0 Å². The van der Waals surface area contributed by atoms with E-state index in [0.29, 0.717) is 6.04 Å². The molecule has 2 N–H and O–H groups in total. The average Bonchev–Trinajstić information content (AvgIpc) is 2.25. The van der Waals surface area contributed by atoms with Gasteiger partial charge in [-0.2, -0.15) is 0 Å². The summed E-state index contributed by atoms with van der Waals surface area (Å²) in [6.07, 6.45) is 2.47. The van der Waals surface area contributed by atoms with Crippen molar-refractivity contribution in [2.45, 2.75) is 18.9 Å². The molecule has 0 atom stereocenters. The van der Waals surface area contributed by atoms with Gasteiger partial charge in [0.1, 0.15) is 0 Å². The molecule has 15 heavy (non-hydrogen) atoms. The Morgan fingerprint density at radius 1 is 1.27 bits per heavy atom. The van der Waals surface area contributed by atoms with E-state index >= 15 is 0 Å². The van der Waals surface area contributed by atoms with Crippen molar-refractivity contribution in [3.63, 3.8) is 0 Å². The fourth-order valence-corrected chi connectivity index (χ4v) is 2.24. The number of rotatable bonds is 2. The van der Waals surface area contributed by atoms with Gasteiger partial charge in [-0.15, -0.1) is 0 Å². The van der Waals surface area contributed by atoms with Gasteiger partial charge in [0.25, 0.3) is 0 Å². The molecule has 0 saturated carbocycles. The van der Waals surface area contributed by atoms with E-state index in [1.54, 1.807) is 4.90 Å². The molecule has 1 aliphatic rings. The summed E-state index contributed by atoms with van der Waals surface area (Å²) in [5.41, 5.74) is 1.07. The second kappa shape index (κ2) is 4.86. The molecule has 0 radical (unpaired) electrons. The van der Waals surface area contributed by atoms with Gasteiger partial charge in [0.2, 0.25) is 0 Å². The van der Waals surface area contributed by atoms with Gasteiger partial charge in [-0.25, -0.2) is 0 Å². The van der Waals surface area contributed by atoms with Crippen LogP contribution in [0.15, 0.2) is 24.3 Å². The van der Waals surface area contributed by atoms with Crippen molar-refractivity contribution in [2.75, 3.05) is 25.5 Å². The zero-order chi connectivity index (χ0) is 10.7. The van der Waals surface area contributed by atoms with Crippen molar-refractivity contribution in [1.29, 1.82) is 0 Å². The predicted octanol–water partition coefficient (Wildman–Crippen LogP) is 1.43. The fourth-order valence-electron chi connectivity index (χ4n) is 2.05. The summed E-state index contributed by atoms with van der Waals surface area (Å²) in [6, 6.07) is 8.56. The summed E-state index contributed by atoms with van der Waals surface area (Å²) in [5, 5.41) is 4.35. The van der Waals surface area contributed by atoms with Gasteiger partial charge in [0.05, 0.1) is 30.8 Å². The van der Waals surface area contributed by atoms with Crippen LogP contribution in [0.3, 0.4) is 0 Å². The number of piperidine rings is 1. The minimum Gasteiger partial charge on any atom is -0.381 e. The topological polar surface area (TPSA) is 16.5 Å². The first-order chi connectivity index (χ1) is 7.25. The van der Waals surface area contributed by atoms with Gasteiger partial charge in [-0.3, -0.25) is 0 Å². The first-order valence-electron chi connectivity index (χ1n) is 5.58. The molecule has 1 aromatic carbocycles. The highest BCUT2D eigenvalue weighted by molar-refractivity contribution is 6.33. The van der Waals surface area contributed by atoms with Crippen LogP contribution in [0.2, 0.25) is 5.02 Å². The lowest BCUT2D eigenvalue weighted by Crippen LogP contribution is -3.10. The van der Waals surface area contributed by atoms with Crippen LogP contribution in [0.4, 0.5) is 5.69 Å². The molecule has 0 aliphatic carbocycles. The Morgan fingerprint density at radius 2 is 1.93 bits per heavy atom. The maximum absolute atomic E-state index is 6.10. The Labute approximate surface area is 96.2 Å². The lowest BCUT2D eigenvalue weighted by molar-refractivity contribution is -0.884. The summed E-state index contributed by atoms with van der Waals surface area (Å²) in [5.74, 6) is 0. The first-order valence-corrected chi connectivity index (χ1v) is 5.96. The average molecular weight is 226 g/mol. The predicted molar refractivity (Wildman–Crippen MR) is 64.7 cm³/mol. The molecule has 1 aromatic rings. The zero-order valence-electron chi connectivity index (χ0n) is 9.09. The highest BCUT2D eigenvalue weighted by Crippen LogP contribution is 2.22. The molecule has 82 valence electrons. The Balaban J connectivity index is 1.95. The van der Waals surface area contributed by atoms with Gasteiger partial charge in [0.15, 0.2) is 0 Å². The second-order valence-electron chi connectivity index (χ2n) is 4.36. The molecule has 0 bridgehead atoms. The van der Waals surface area contributed by atoms with E-state index in [1.807, 2.05) is 24.3 Å². The number of nitrogens with one attached hydrogen (secondary N) is 2. The van der Waals surface area contributed by atoms with Gasteiger partial charge in [-0.05, 0) is 12.1 Å². The first kappa shape index (κ1) is 10.8. The maximum Gasteiger partial charge on any atom is 0.0788 e. The second-order valence-corrected chi connectivity index (χ2v) is 4.76. The highest BCUT2D eigenvalue weighted by Gasteiger charge is 2.19. The normalized spacial score (nSPS) is 26.3. The lowest BCUT2D eigenvalue weighted by Gasteiger charge is -2.28. The van der Waals surface area contributed by atoms with Gasteiger partial charge < -0.3 is 10.2 Å². The lowest BCUT2D eigenvalue weighted by atomic mass is 10.1. The van der Waals surface area contributed by atoms with Gasteiger partial charge in [0, 0.05) is 18.9 Å². The van der Waals surface area contributed by atoms with Crippen molar-refractivity contribution in [3.8, 4) is 0 Å². The van der Waals surface area contributed by atoms with E-state index < -0.39 is 0 Å². The van der Waals surface area contributed by atoms with Crippen molar-refractivity contribution in [2.24, 2.45) is 0 Å². The molecule has 0 aromatic heterocycles. The van der Waals surface area contributed by atoms with Gasteiger partial charge >= 0.3 is 0 Å². The maximum atomic E-state index is 6.10. The zero-order valence-corrected chi connectivity index (χ0v) is 9.85. The number of hydrogen-bond acceptors (Lipinski definition) is 1. The molecule has 2 rings (SSSR count). The molecule has 1 aliphatic heterocycles. The fraction of sp³-hybridized carbons (Fsp3) is 0.500. The van der Waals surface area contributed by atoms with Crippen molar-refractivity contribution >= 4 is 17.3 Å². The molecule has 1 fully saturated rings. The van der Waals surface area contributed by atoms with Crippen LogP contribution in [0.1, 0.15) is 12.8 Å². The molecule has 3 heteroatoms. The Bertz CT molecular complexity index is 319. The smallest absolute Gasteiger partial charge is 0.0788 e. The molecular weight excluding hydrogens is 208 g/mol. The van der Waals surface area contributed by atoms with Crippen LogP contribution in [0.25, 0.3) is 0 Å². The number of halogens is 1. The third-order valence-electron chi connectivity index (χ3n) is 3.07. The van der Waals surface area contributed by atoms with Crippen LogP contribution in [0, 0.1) is 0 Å². The third kappa shape index (κ3) is 2.86. The van der Waals surface area contributed by atoms with E-state index in [4.69, 9.17) is 11.6 Å². The van der Waals surface area contributed by atoms with E-state index in [0.717, 1.165) is 10.7 Å². The molecule has 2 nitrogen and oxygen atoms in total. The van der Waals surface area contributed by atoms with Crippen LogP contribution in [-0.2, 0) is 0 Å². The minimum atomic E-state index is 0.591. The summed E-state index contributed by atoms with van der Waals surface area (Å²) in [6.45, 7) is 2.50. The van der Waals surface area contributed by atoms with E-state index in [2.05, 4.69) is 12.4 Å². The third-order valence-corrected chi connectivity index (χ3v) is 3.40. The van der Waals surface area contributed by atoms with E-state index in [9.17, 15) is 0 Å². The summed E-state index contributed by atoms with van der Waals surface area (Å²) >= 11 is 6.10. The summed E-state index contributed by atoms with van der Waals surface area (Å²) < 4.78 is 0. The summed E-state index contributed by atoms with van der Waals surface area (Å²) in [4.78, 5) is 1.63. The quantitative estimate of drug-likeness (QED) is 0.779. The minimum absolute atomic E-state index is 0.591. The number of quaternary nitrogens is 1. The number of hydrogen-bond donors (Lipinski definition) is 2. The van der Waals surface area contributed by atoms with Crippen LogP contribution in [-0.4, -0.2) is 26.2 Å². The SMILES string of the molecule is C[NH+]1CCC(Nc2ccccc2Cl)CC1. The monoisotopic (exact) mass is 225 g/mol. The molecule has 0 unspecified atom stereocenters. The van der Waals surface area contributed by atoms with Crippen molar-refractivity contribution < 1.29 is 4.90 Å². The van der Waals surface area contributed by atoms with Crippen LogP contribution < -0.4 is 10.2 Å². The molecule has 0 amide bonds. The number of likely N-dealkylation sites (tertiary alicyclic amines) is 1. The van der Waals surface area contributed by atoms with Crippen LogP contribution >= 0.6 is 11.6 Å². The standard InChI is InChI=1S/C12H17ClN2/c1-15-8-6-10(7-9-15)14-12-5-3-2-4-11(12)13/h2-5,10,14H,6-9H2,1H3/p+1. The van der Waals surface area contributed by atoms with Crippen molar-refractivity contribution in [3.05, 3.63) is 29.3 Å². The largest absolute Gasteiger partial charge is 0.381 e.